The summed E-state index contributed by atoms with van der Waals surface area (Å²) >= 11 is 0. The van der Waals surface area contributed by atoms with Crippen molar-refractivity contribution in [2.24, 2.45) is 0 Å². The van der Waals surface area contributed by atoms with Gasteiger partial charge in [0.2, 0.25) is 0 Å². The van der Waals surface area contributed by atoms with Crippen molar-refractivity contribution in [2.75, 3.05) is 7.11 Å². The Balaban J connectivity index is 2.16. The monoisotopic (exact) mass is 299 g/mol. The number of aromatic nitrogens is 1. The van der Waals surface area contributed by atoms with E-state index in [4.69, 9.17) is 4.74 Å². The first-order valence-corrected chi connectivity index (χ1v) is 7.30. The highest BCUT2D eigenvalue weighted by Gasteiger charge is 2.17. The van der Waals surface area contributed by atoms with Crippen LogP contribution in [0.1, 0.15) is 10.4 Å². The van der Waals surface area contributed by atoms with E-state index in [-0.39, 0.29) is 5.97 Å². The van der Waals surface area contributed by atoms with Gasteiger partial charge in [-0.25, -0.2) is 4.79 Å². The zero-order valence-electron chi connectivity index (χ0n) is 12.5. The summed E-state index contributed by atoms with van der Waals surface area (Å²) in [6, 6.07) is 25.6. The van der Waals surface area contributed by atoms with E-state index in [2.05, 4.69) is 18.2 Å². The van der Waals surface area contributed by atoms with E-state index < -0.39 is 0 Å². The number of carbonyl (C=O) groups is 1. The van der Waals surface area contributed by atoms with Crippen molar-refractivity contribution in [1.82, 2.24) is 4.57 Å². The molecule has 3 nitrogen and oxygen atoms in total. The number of ether oxygens (including phenoxy) is 1. The highest BCUT2D eigenvalue weighted by atomic mass is 16.5. The summed E-state index contributed by atoms with van der Waals surface area (Å²) in [5.74, 6) is -0.355. The Labute approximate surface area is 133 Å². The SMILES string of the molecule is COC(=O)c1ccccc1-n1c2c#cccc2c2ccccc21. The summed E-state index contributed by atoms with van der Waals surface area (Å²) in [5, 5.41) is 2.20. The van der Waals surface area contributed by atoms with Crippen molar-refractivity contribution in [3.8, 4) is 5.69 Å². The molecule has 0 radical (unpaired) electrons. The molecule has 0 aliphatic heterocycles. The van der Waals surface area contributed by atoms with Crippen LogP contribution in [-0.4, -0.2) is 17.6 Å². The molecule has 0 aliphatic carbocycles. The molecule has 1 heterocycles. The maximum atomic E-state index is 12.1. The molecule has 0 unspecified atom stereocenters. The molecule has 3 aromatic carbocycles. The van der Waals surface area contributed by atoms with Gasteiger partial charge in [-0.2, -0.15) is 0 Å². The van der Waals surface area contributed by atoms with Gasteiger partial charge >= 0.3 is 5.97 Å². The summed E-state index contributed by atoms with van der Waals surface area (Å²) < 4.78 is 6.96. The van der Waals surface area contributed by atoms with Crippen LogP contribution in [-0.2, 0) is 4.74 Å². The molecule has 0 bridgehead atoms. The van der Waals surface area contributed by atoms with E-state index in [1.54, 1.807) is 6.07 Å². The zero-order valence-corrected chi connectivity index (χ0v) is 12.5. The van der Waals surface area contributed by atoms with Gasteiger partial charge in [-0.3, -0.25) is 0 Å². The fourth-order valence-corrected chi connectivity index (χ4v) is 2.99. The van der Waals surface area contributed by atoms with E-state index in [9.17, 15) is 4.79 Å². The Morgan fingerprint density at radius 1 is 1.00 bits per heavy atom. The van der Waals surface area contributed by atoms with Crippen LogP contribution in [0.3, 0.4) is 0 Å². The molecule has 4 rings (SSSR count). The van der Waals surface area contributed by atoms with Gasteiger partial charge in [-0.05, 0) is 36.4 Å². The maximum Gasteiger partial charge on any atom is 0.339 e. The molecule has 0 fully saturated rings. The number of nitrogens with zero attached hydrogens (tertiary/aromatic N) is 1. The summed E-state index contributed by atoms with van der Waals surface area (Å²) in [7, 11) is 1.39. The standard InChI is InChI=1S/C20H13NO2/c1-23-20(22)16-10-4-7-13-19(16)21-17-11-5-2-8-14(17)15-9-3-6-12-18(15)21/h2-5,7-11,13H,1H3. The molecule has 3 heteroatoms. The van der Waals surface area contributed by atoms with Crippen LogP contribution >= 0.6 is 0 Å². The molecule has 0 saturated carbocycles. The first kappa shape index (κ1) is 13.4. The van der Waals surface area contributed by atoms with Gasteiger partial charge in [-0.15, -0.1) is 0 Å². The smallest absolute Gasteiger partial charge is 0.339 e. The molecule has 23 heavy (non-hydrogen) atoms. The summed E-state index contributed by atoms with van der Waals surface area (Å²) in [4.78, 5) is 12.1. The van der Waals surface area contributed by atoms with Gasteiger partial charge in [0.25, 0.3) is 0 Å². The van der Waals surface area contributed by atoms with Crippen LogP contribution in [0.15, 0.2) is 60.7 Å². The number of hydrogen-bond acceptors (Lipinski definition) is 2. The molecule has 0 amide bonds. The van der Waals surface area contributed by atoms with Crippen molar-refractivity contribution >= 4 is 27.8 Å². The number of fused-ring (bicyclic) bond motifs is 3. The van der Waals surface area contributed by atoms with E-state index in [0.717, 1.165) is 27.5 Å². The van der Waals surface area contributed by atoms with E-state index >= 15 is 0 Å². The Hall–Kier alpha value is -3.25. The summed E-state index contributed by atoms with van der Waals surface area (Å²) in [5.41, 5.74) is 3.22. The Kier molecular flexibility index (Phi) is 3.03. The van der Waals surface area contributed by atoms with Crippen molar-refractivity contribution in [3.05, 3.63) is 78.4 Å². The van der Waals surface area contributed by atoms with Crippen molar-refractivity contribution in [3.63, 3.8) is 0 Å². The summed E-state index contributed by atoms with van der Waals surface area (Å²) in [6.45, 7) is 0. The molecule has 0 aliphatic rings. The fraction of sp³-hybridized carbons (Fsp3) is 0.0500. The minimum atomic E-state index is -0.355. The fourth-order valence-electron chi connectivity index (χ4n) is 2.99. The molecule has 0 N–H and O–H groups in total. The quantitative estimate of drug-likeness (QED) is 0.520. The largest absolute Gasteiger partial charge is 0.465 e. The van der Waals surface area contributed by atoms with Gasteiger partial charge in [0.1, 0.15) is 5.52 Å². The highest BCUT2D eigenvalue weighted by molar-refractivity contribution is 6.09. The van der Waals surface area contributed by atoms with Crippen LogP contribution < -0.4 is 0 Å². The Morgan fingerprint density at radius 3 is 2.65 bits per heavy atom. The van der Waals surface area contributed by atoms with Gasteiger partial charge in [-0.1, -0.05) is 36.4 Å². The lowest BCUT2D eigenvalue weighted by Gasteiger charge is -2.11. The minimum Gasteiger partial charge on any atom is -0.465 e. The third kappa shape index (κ3) is 1.96. The molecule has 0 atom stereocenters. The number of carbonyl (C=O) groups excluding carboxylic acids is 1. The lowest BCUT2D eigenvalue weighted by molar-refractivity contribution is 0.0601. The second kappa shape index (κ2) is 5.19. The number of esters is 1. The molecular formula is C20H13NO2. The topological polar surface area (TPSA) is 31.2 Å². The third-order valence-corrected chi connectivity index (χ3v) is 3.99. The normalized spacial score (nSPS) is 10.7. The van der Waals surface area contributed by atoms with Crippen LogP contribution in [0.5, 0.6) is 0 Å². The van der Waals surface area contributed by atoms with Gasteiger partial charge in [0, 0.05) is 10.8 Å². The predicted octanol–water partition coefficient (Wildman–Crippen LogP) is 4.17. The first-order valence-electron chi connectivity index (χ1n) is 7.30. The van der Waals surface area contributed by atoms with Crippen LogP contribution in [0.2, 0.25) is 0 Å². The van der Waals surface area contributed by atoms with Crippen LogP contribution in [0.4, 0.5) is 0 Å². The van der Waals surface area contributed by atoms with Crippen molar-refractivity contribution < 1.29 is 9.53 Å². The lowest BCUT2D eigenvalue weighted by atomic mass is 10.1. The molecule has 110 valence electrons. The molecule has 0 spiro atoms. The predicted molar refractivity (Wildman–Crippen MR) is 89.8 cm³/mol. The highest BCUT2D eigenvalue weighted by Crippen LogP contribution is 2.31. The van der Waals surface area contributed by atoms with Crippen molar-refractivity contribution in [1.29, 1.82) is 0 Å². The van der Waals surface area contributed by atoms with E-state index in [1.165, 1.54) is 7.11 Å². The zero-order chi connectivity index (χ0) is 15.8. The average Bonchev–Trinajstić information content (AvgIpc) is 2.95. The van der Waals surface area contributed by atoms with E-state index in [0.29, 0.717) is 5.56 Å². The Morgan fingerprint density at radius 2 is 1.78 bits per heavy atom. The Bertz CT molecular complexity index is 977. The average molecular weight is 299 g/mol. The second-order valence-corrected chi connectivity index (χ2v) is 5.23. The maximum absolute atomic E-state index is 12.1. The molecule has 0 saturated heterocycles. The first-order chi connectivity index (χ1) is 11.3. The van der Waals surface area contributed by atoms with Gasteiger partial charge in [0.05, 0.1) is 23.9 Å². The molecule has 4 aromatic rings. The van der Waals surface area contributed by atoms with Crippen LogP contribution in [0.25, 0.3) is 27.5 Å². The number of rotatable bonds is 2. The van der Waals surface area contributed by atoms with Crippen LogP contribution in [0, 0.1) is 12.1 Å². The second-order valence-electron chi connectivity index (χ2n) is 5.23. The number of benzene rings is 2. The lowest BCUT2D eigenvalue weighted by Crippen LogP contribution is -2.07. The van der Waals surface area contributed by atoms with E-state index in [1.807, 2.05) is 53.1 Å². The molecule has 1 aromatic heterocycles. The number of para-hydroxylation sites is 2. The third-order valence-electron chi connectivity index (χ3n) is 3.99. The molecular weight excluding hydrogens is 286 g/mol. The number of hydrogen-bond donors (Lipinski definition) is 0. The van der Waals surface area contributed by atoms with Gasteiger partial charge in [0.15, 0.2) is 0 Å². The number of methoxy groups -OCH3 is 1. The minimum absolute atomic E-state index is 0.355. The summed E-state index contributed by atoms with van der Waals surface area (Å²) in [6.07, 6.45) is 0. The van der Waals surface area contributed by atoms with Gasteiger partial charge < -0.3 is 9.30 Å². The van der Waals surface area contributed by atoms with Crippen molar-refractivity contribution in [2.45, 2.75) is 0 Å².